The lowest BCUT2D eigenvalue weighted by Gasteiger charge is -2.39. The molecule has 50 heavy (non-hydrogen) atoms. The van der Waals surface area contributed by atoms with Crippen LogP contribution in [0.4, 0.5) is 5.69 Å². The Morgan fingerprint density at radius 3 is 2.24 bits per heavy atom. The maximum atomic E-state index is 2.67. The second-order valence-electron chi connectivity index (χ2n) is 14.7. The molecule has 4 aliphatic rings. The Morgan fingerprint density at radius 1 is 0.640 bits per heavy atom. The molecule has 0 N–H and O–H groups in total. The zero-order valence-electron chi connectivity index (χ0n) is 29.0. The Hall–Kier alpha value is -5.40. The van der Waals surface area contributed by atoms with Gasteiger partial charge in [-0.05, 0) is 105 Å². The van der Waals surface area contributed by atoms with Gasteiger partial charge >= 0.3 is 0 Å². The van der Waals surface area contributed by atoms with Crippen molar-refractivity contribution in [1.82, 2.24) is 0 Å². The van der Waals surface area contributed by atoms with Crippen LogP contribution in [0, 0.1) is 5.92 Å². The van der Waals surface area contributed by atoms with Crippen LogP contribution in [0.1, 0.15) is 56.2 Å². The van der Waals surface area contributed by atoms with Crippen molar-refractivity contribution in [3.63, 3.8) is 0 Å². The Labute approximate surface area is 297 Å². The van der Waals surface area contributed by atoms with E-state index in [0.717, 1.165) is 25.7 Å². The van der Waals surface area contributed by atoms with Gasteiger partial charge in [0.25, 0.3) is 0 Å². The number of nitrogens with zero attached hydrogens (tertiary/aromatic N) is 1. The van der Waals surface area contributed by atoms with Gasteiger partial charge in [-0.2, -0.15) is 0 Å². The highest BCUT2D eigenvalue weighted by Crippen LogP contribution is 2.52. The summed E-state index contributed by atoms with van der Waals surface area (Å²) in [6.07, 6.45) is 20.7. The lowest BCUT2D eigenvalue weighted by Crippen LogP contribution is -2.36. The Bertz CT molecular complexity index is 2280. The van der Waals surface area contributed by atoms with Crippen LogP contribution in [0.3, 0.4) is 0 Å². The first kappa shape index (κ1) is 30.6. The van der Waals surface area contributed by atoms with Crippen LogP contribution in [0.15, 0.2) is 181 Å². The molecule has 1 heteroatoms. The van der Waals surface area contributed by atoms with Crippen molar-refractivity contribution in [2.45, 2.75) is 51.0 Å². The SMILES string of the molecule is CC1(C)C2=C(CCC(N(c3ccc(-c4cccc5ccccc45)cc3)C3C=CC(C4C=CC=CC4)=C(c4ccccc4)C3)=C2)c2ccccc21. The van der Waals surface area contributed by atoms with Crippen LogP contribution in [0.2, 0.25) is 0 Å². The largest absolute Gasteiger partial charge is 0.338 e. The van der Waals surface area contributed by atoms with Gasteiger partial charge in [0.2, 0.25) is 0 Å². The van der Waals surface area contributed by atoms with Gasteiger partial charge in [0.15, 0.2) is 0 Å². The van der Waals surface area contributed by atoms with Crippen molar-refractivity contribution in [1.29, 1.82) is 0 Å². The van der Waals surface area contributed by atoms with E-state index in [1.807, 2.05) is 0 Å². The summed E-state index contributed by atoms with van der Waals surface area (Å²) in [5, 5.41) is 2.57. The highest BCUT2D eigenvalue weighted by atomic mass is 15.2. The van der Waals surface area contributed by atoms with E-state index < -0.39 is 0 Å². The van der Waals surface area contributed by atoms with Crippen molar-refractivity contribution in [2.24, 2.45) is 5.92 Å². The minimum Gasteiger partial charge on any atom is -0.338 e. The number of fused-ring (bicyclic) bond motifs is 3. The van der Waals surface area contributed by atoms with Crippen molar-refractivity contribution < 1.29 is 0 Å². The van der Waals surface area contributed by atoms with Crippen LogP contribution in [0.25, 0.3) is 33.0 Å². The predicted molar refractivity (Wildman–Crippen MR) is 213 cm³/mol. The Balaban J connectivity index is 1.15. The van der Waals surface area contributed by atoms with Gasteiger partial charge in [0.05, 0.1) is 6.04 Å². The van der Waals surface area contributed by atoms with Gasteiger partial charge in [0.1, 0.15) is 0 Å². The first-order chi connectivity index (χ1) is 24.6. The average Bonchev–Trinajstić information content (AvgIpc) is 3.41. The third kappa shape index (κ3) is 5.24. The molecule has 0 aliphatic heterocycles. The lowest BCUT2D eigenvalue weighted by molar-refractivity contribution is 0.643. The average molecular weight is 646 g/mol. The molecule has 2 unspecified atom stereocenters. The molecule has 5 aromatic carbocycles. The number of benzene rings is 5. The van der Waals surface area contributed by atoms with Gasteiger partial charge in [-0.3, -0.25) is 0 Å². The van der Waals surface area contributed by atoms with Crippen LogP contribution in [0.5, 0.6) is 0 Å². The van der Waals surface area contributed by atoms with Gasteiger partial charge in [0, 0.05) is 22.7 Å². The molecule has 0 amide bonds. The molecular weight excluding hydrogens is 603 g/mol. The summed E-state index contributed by atoms with van der Waals surface area (Å²) in [5.74, 6) is 0.403. The second kappa shape index (κ2) is 12.5. The number of hydrogen-bond donors (Lipinski definition) is 0. The van der Waals surface area contributed by atoms with E-state index in [0.29, 0.717) is 5.92 Å². The van der Waals surface area contributed by atoms with Crippen molar-refractivity contribution in [2.75, 3.05) is 4.90 Å². The molecule has 0 saturated heterocycles. The molecule has 0 fully saturated rings. The van der Waals surface area contributed by atoms with E-state index in [-0.39, 0.29) is 11.5 Å². The summed E-state index contributed by atoms with van der Waals surface area (Å²) in [6.45, 7) is 4.82. The highest BCUT2D eigenvalue weighted by molar-refractivity contribution is 5.97. The Morgan fingerprint density at radius 2 is 1.40 bits per heavy atom. The fraction of sp³-hybridized carbons (Fsp3) is 0.184. The third-order valence-corrected chi connectivity index (χ3v) is 11.5. The summed E-state index contributed by atoms with van der Waals surface area (Å²) in [6, 6.07) is 45.1. The zero-order valence-corrected chi connectivity index (χ0v) is 29.0. The molecular formula is C49H43N. The van der Waals surface area contributed by atoms with Gasteiger partial charge < -0.3 is 4.90 Å². The number of allylic oxidation sites excluding steroid dienone is 10. The topological polar surface area (TPSA) is 3.24 Å². The van der Waals surface area contributed by atoms with E-state index in [4.69, 9.17) is 0 Å². The minimum absolute atomic E-state index is 0.0208. The Kier molecular flexibility index (Phi) is 7.65. The molecule has 0 bridgehead atoms. The molecule has 1 nitrogen and oxygen atoms in total. The quantitative estimate of drug-likeness (QED) is 0.178. The number of anilines is 1. The summed E-state index contributed by atoms with van der Waals surface area (Å²) < 4.78 is 0. The van der Waals surface area contributed by atoms with E-state index in [1.165, 1.54) is 72.3 Å². The molecule has 5 aromatic rings. The number of rotatable bonds is 6. The van der Waals surface area contributed by atoms with E-state index in [9.17, 15) is 0 Å². The molecule has 2 atom stereocenters. The molecule has 0 aromatic heterocycles. The normalized spacial score (nSPS) is 20.6. The molecule has 244 valence electrons. The van der Waals surface area contributed by atoms with Crippen LogP contribution in [-0.4, -0.2) is 6.04 Å². The van der Waals surface area contributed by atoms with E-state index in [1.54, 1.807) is 0 Å². The van der Waals surface area contributed by atoms with E-state index in [2.05, 4.69) is 183 Å². The summed E-state index contributed by atoms with van der Waals surface area (Å²) in [4.78, 5) is 2.67. The maximum Gasteiger partial charge on any atom is 0.0562 e. The standard InChI is InChI=1S/C49H43N/c1-49(2)47-23-12-11-21-44(47)45-31-29-40(33-48(45)49)50(38-26-24-37(25-27-38)42-22-13-19-35-18-9-10-20-41(35)42)39-28-30-43(34-14-5-3-6-15-34)46(32-39)36-16-7-4-8-17-36/h3-14,16-28,30,33-34,39H,15,29,31-32H2,1-2H3. The summed E-state index contributed by atoms with van der Waals surface area (Å²) in [5.41, 5.74) is 15.3. The molecule has 4 aliphatic carbocycles. The molecule has 0 saturated carbocycles. The molecule has 9 rings (SSSR count). The monoisotopic (exact) mass is 645 g/mol. The fourth-order valence-corrected chi connectivity index (χ4v) is 9.00. The van der Waals surface area contributed by atoms with Crippen LogP contribution >= 0.6 is 0 Å². The van der Waals surface area contributed by atoms with Crippen molar-refractivity contribution in [3.05, 3.63) is 197 Å². The number of hydrogen-bond acceptors (Lipinski definition) is 1. The first-order valence-corrected chi connectivity index (χ1v) is 18.3. The van der Waals surface area contributed by atoms with E-state index >= 15 is 0 Å². The molecule has 0 radical (unpaired) electrons. The van der Waals surface area contributed by atoms with Gasteiger partial charge in [-0.25, -0.2) is 0 Å². The second-order valence-corrected chi connectivity index (χ2v) is 14.7. The highest BCUT2D eigenvalue weighted by Gasteiger charge is 2.39. The molecule has 0 heterocycles. The van der Waals surface area contributed by atoms with Crippen molar-refractivity contribution in [3.8, 4) is 11.1 Å². The predicted octanol–water partition coefficient (Wildman–Crippen LogP) is 12.7. The van der Waals surface area contributed by atoms with Gasteiger partial charge in [-0.1, -0.05) is 159 Å². The zero-order chi connectivity index (χ0) is 33.7. The summed E-state index contributed by atoms with van der Waals surface area (Å²) >= 11 is 0. The van der Waals surface area contributed by atoms with Gasteiger partial charge in [-0.15, -0.1) is 0 Å². The fourth-order valence-electron chi connectivity index (χ4n) is 9.00. The third-order valence-electron chi connectivity index (χ3n) is 11.5. The molecule has 0 spiro atoms. The van der Waals surface area contributed by atoms with Crippen molar-refractivity contribution >= 4 is 27.6 Å². The van der Waals surface area contributed by atoms with Crippen LogP contribution < -0.4 is 4.90 Å². The smallest absolute Gasteiger partial charge is 0.0562 e. The summed E-state index contributed by atoms with van der Waals surface area (Å²) in [7, 11) is 0. The maximum absolute atomic E-state index is 2.67. The lowest BCUT2D eigenvalue weighted by atomic mass is 9.78. The first-order valence-electron chi connectivity index (χ1n) is 18.3. The van der Waals surface area contributed by atoms with Crippen LogP contribution in [-0.2, 0) is 5.41 Å². The minimum atomic E-state index is -0.0208.